The van der Waals surface area contributed by atoms with Gasteiger partial charge in [0.15, 0.2) is 0 Å². The van der Waals surface area contributed by atoms with Gasteiger partial charge < -0.3 is 9.80 Å². The molecule has 4 rings (SSSR count). The molecule has 1 N–H and O–H groups in total. The molecule has 35 heavy (non-hydrogen) atoms. The van der Waals surface area contributed by atoms with Crippen molar-refractivity contribution >= 4 is 21.7 Å². The first-order chi connectivity index (χ1) is 16.4. The van der Waals surface area contributed by atoms with Crippen molar-refractivity contribution in [1.29, 1.82) is 0 Å². The van der Waals surface area contributed by atoms with Gasteiger partial charge in [0.25, 0.3) is 5.91 Å². The van der Waals surface area contributed by atoms with Crippen LogP contribution in [0.5, 0.6) is 0 Å². The fraction of sp³-hybridized carbons (Fsp3) is 0.500. The van der Waals surface area contributed by atoms with E-state index >= 15 is 0 Å². The number of hydrogen-bond acceptors (Lipinski definition) is 5. The summed E-state index contributed by atoms with van der Waals surface area (Å²) in [6, 6.07) is 6.55. The summed E-state index contributed by atoms with van der Waals surface area (Å²) in [6.07, 6.45) is 0.505. The summed E-state index contributed by atoms with van der Waals surface area (Å²) in [5, 5.41) is 0. The monoisotopic (exact) mass is 510 g/mol. The van der Waals surface area contributed by atoms with Crippen molar-refractivity contribution in [2.75, 3.05) is 37.2 Å². The molecule has 3 heterocycles. The lowest BCUT2D eigenvalue weighted by Crippen LogP contribution is -2.46. The number of amides is 1. The van der Waals surface area contributed by atoms with E-state index in [0.717, 1.165) is 44.3 Å². The van der Waals surface area contributed by atoms with Crippen LogP contribution in [0, 0.1) is 6.92 Å². The Morgan fingerprint density at radius 1 is 1.09 bits per heavy atom. The summed E-state index contributed by atoms with van der Waals surface area (Å²) in [5.41, 5.74) is 0.00364. The zero-order valence-corrected chi connectivity index (χ0v) is 20.5. The highest BCUT2D eigenvalue weighted by atomic mass is 32.2. The van der Waals surface area contributed by atoms with E-state index in [9.17, 15) is 26.4 Å². The molecule has 190 valence electrons. The lowest BCUT2D eigenvalue weighted by atomic mass is 10.00. The summed E-state index contributed by atoms with van der Waals surface area (Å²) in [4.78, 5) is 21.8. The number of alkyl halides is 3. The number of piperidine rings is 1. The van der Waals surface area contributed by atoms with Gasteiger partial charge in [-0.05, 0) is 75.0 Å². The number of hydrogen-bond donors (Lipinski definition) is 1. The highest BCUT2D eigenvalue weighted by Gasteiger charge is 2.32. The number of aromatic nitrogens is 1. The molecule has 2 saturated heterocycles. The van der Waals surface area contributed by atoms with E-state index in [2.05, 4.69) is 14.6 Å². The van der Waals surface area contributed by atoms with Crippen molar-refractivity contribution in [3.05, 3.63) is 47.2 Å². The molecule has 2 aromatic rings. The molecule has 0 unspecified atom stereocenters. The largest absolute Gasteiger partial charge is 0.416 e. The first-order valence-electron chi connectivity index (χ1n) is 11.6. The molecule has 2 fully saturated rings. The van der Waals surface area contributed by atoms with E-state index in [0.29, 0.717) is 24.7 Å². The molecule has 0 saturated carbocycles. The normalized spacial score (nSPS) is 18.1. The van der Waals surface area contributed by atoms with Gasteiger partial charge in [-0.15, -0.1) is 0 Å². The summed E-state index contributed by atoms with van der Waals surface area (Å²) < 4.78 is 66.1. The van der Waals surface area contributed by atoms with Crippen LogP contribution in [0.15, 0.2) is 30.3 Å². The topological polar surface area (TPSA) is 82.6 Å². The minimum absolute atomic E-state index is 0.0894. The maximum atomic E-state index is 13.3. The molecular formula is C24H29F3N4O3S. The minimum Gasteiger partial charge on any atom is -0.337 e. The Morgan fingerprint density at radius 2 is 1.74 bits per heavy atom. The molecule has 1 aromatic carbocycles. The predicted octanol–water partition coefficient (Wildman–Crippen LogP) is 4.15. The zero-order valence-electron chi connectivity index (χ0n) is 19.7. The number of carbonyl (C=O) groups excluding carboxylic acids is 1. The number of benzene rings is 1. The number of sulfonamides is 1. The second kappa shape index (κ2) is 9.77. The first-order valence-corrected chi connectivity index (χ1v) is 13.5. The van der Waals surface area contributed by atoms with Gasteiger partial charge in [-0.3, -0.25) is 9.52 Å². The van der Waals surface area contributed by atoms with E-state index in [4.69, 9.17) is 0 Å². The molecule has 0 aliphatic carbocycles. The second-order valence-corrected chi connectivity index (χ2v) is 11.0. The molecule has 1 amide bonds. The molecule has 0 atom stereocenters. The van der Waals surface area contributed by atoms with Crippen molar-refractivity contribution in [1.82, 2.24) is 14.8 Å². The number of nitrogens with one attached hydrogen (secondary N) is 1. The van der Waals surface area contributed by atoms with Crippen molar-refractivity contribution in [2.45, 2.75) is 44.8 Å². The Balaban J connectivity index is 1.64. The van der Waals surface area contributed by atoms with Gasteiger partial charge in [-0.1, -0.05) is 12.1 Å². The fourth-order valence-electron chi connectivity index (χ4n) is 4.86. The maximum absolute atomic E-state index is 13.3. The van der Waals surface area contributed by atoms with Crippen molar-refractivity contribution in [2.24, 2.45) is 0 Å². The number of aryl methyl sites for hydroxylation is 1. The number of carbonyl (C=O) groups is 1. The number of rotatable bonds is 5. The van der Waals surface area contributed by atoms with Gasteiger partial charge in [-0.25, -0.2) is 13.4 Å². The zero-order chi connectivity index (χ0) is 25.4. The van der Waals surface area contributed by atoms with E-state index in [-0.39, 0.29) is 28.5 Å². The van der Waals surface area contributed by atoms with Gasteiger partial charge in [0.05, 0.1) is 11.8 Å². The second-order valence-electron chi connectivity index (χ2n) is 9.27. The van der Waals surface area contributed by atoms with Gasteiger partial charge in [0.1, 0.15) is 11.5 Å². The molecule has 11 heteroatoms. The molecule has 1 aromatic heterocycles. The molecule has 2 aliphatic rings. The van der Waals surface area contributed by atoms with Crippen LogP contribution >= 0.6 is 0 Å². The van der Waals surface area contributed by atoms with Crippen LogP contribution in [0.1, 0.15) is 47.3 Å². The molecule has 0 radical (unpaired) electrons. The third-order valence-electron chi connectivity index (χ3n) is 6.61. The van der Waals surface area contributed by atoms with Gasteiger partial charge >= 0.3 is 6.18 Å². The third-order valence-corrected chi connectivity index (χ3v) is 7.17. The van der Waals surface area contributed by atoms with Crippen LogP contribution in [0.25, 0.3) is 11.1 Å². The standard InChI is InChI=1S/C24H29F3N4O3S/c1-16-14-20(17-6-5-7-18(15-17)24(25,26)27)22(29-35(2,33)34)28-21(16)23(32)31-12-8-19(9-13-31)30-10-3-4-11-30/h5-7,14-15,19H,3-4,8-13H2,1-2H3,(H,28,29). The van der Waals surface area contributed by atoms with Crippen LogP contribution in [0.3, 0.4) is 0 Å². The SMILES string of the molecule is Cc1cc(-c2cccc(C(F)(F)F)c2)c(NS(C)(=O)=O)nc1C(=O)N1CCC(N2CCCC2)CC1. The van der Waals surface area contributed by atoms with Crippen LogP contribution < -0.4 is 4.72 Å². The molecule has 2 aliphatic heterocycles. The van der Waals surface area contributed by atoms with Crippen molar-refractivity contribution in [3.8, 4) is 11.1 Å². The maximum Gasteiger partial charge on any atom is 0.416 e. The number of anilines is 1. The Bertz CT molecular complexity index is 1200. The number of halogens is 3. The van der Waals surface area contributed by atoms with Gasteiger partial charge in [0, 0.05) is 24.7 Å². The number of likely N-dealkylation sites (tertiary alicyclic amines) is 2. The Kier molecular flexibility index (Phi) is 7.10. The fourth-order valence-corrected chi connectivity index (χ4v) is 5.36. The lowest BCUT2D eigenvalue weighted by molar-refractivity contribution is -0.137. The lowest BCUT2D eigenvalue weighted by Gasteiger charge is -2.36. The number of pyridine rings is 1. The molecule has 0 bridgehead atoms. The molecule has 7 nitrogen and oxygen atoms in total. The summed E-state index contributed by atoms with van der Waals surface area (Å²) >= 11 is 0. The van der Waals surface area contributed by atoms with Crippen LogP contribution in [-0.2, 0) is 16.2 Å². The van der Waals surface area contributed by atoms with Crippen molar-refractivity contribution < 1.29 is 26.4 Å². The highest BCUT2D eigenvalue weighted by Crippen LogP contribution is 2.35. The van der Waals surface area contributed by atoms with Crippen LogP contribution in [-0.4, -0.2) is 67.6 Å². The van der Waals surface area contributed by atoms with Gasteiger partial charge in [0.2, 0.25) is 10.0 Å². The van der Waals surface area contributed by atoms with Crippen molar-refractivity contribution in [3.63, 3.8) is 0 Å². The van der Waals surface area contributed by atoms with E-state index in [1.54, 1.807) is 11.8 Å². The van der Waals surface area contributed by atoms with E-state index < -0.39 is 21.8 Å². The summed E-state index contributed by atoms with van der Waals surface area (Å²) in [6.45, 7) is 4.99. The Morgan fingerprint density at radius 3 is 2.34 bits per heavy atom. The van der Waals surface area contributed by atoms with Crippen LogP contribution in [0.4, 0.5) is 19.0 Å². The average molecular weight is 511 g/mol. The van der Waals surface area contributed by atoms with Gasteiger partial charge in [-0.2, -0.15) is 13.2 Å². The summed E-state index contributed by atoms with van der Waals surface area (Å²) in [7, 11) is -3.81. The average Bonchev–Trinajstić information content (AvgIpc) is 3.33. The van der Waals surface area contributed by atoms with E-state index in [1.807, 2.05) is 0 Å². The minimum atomic E-state index is -4.56. The Labute approximate surface area is 203 Å². The predicted molar refractivity (Wildman–Crippen MR) is 128 cm³/mol. The quantitative estimate of drug-likeness (QED) is 0.654. The summed E-state index contributed by atoms with van der Waals surface area (Å²) in [5.74, 6) is -0.484. The smallest absolute Gasteiger partial charge is 0.337 e. The Hall–Kier alpha value is -2.66. The first kappa shape index (κ1) is 25.4. The molecular weight excluding hydrogens is 481 g/mol. The highest BCUT2D eigenvalue weighted by molar-refractivity contribution is 7.92. The van der Waals surface area contributed by atoms with Crippen LogP contribution in [0.2, 0.25) is 0 Å². The van der Waals surface area contributed by atoms with E-state index in [1.165, 1.54) is 31.0 Å². The molecule has 0 spiro atoms. The third kappa shape index (κ3) is 5.95. The number of nitrogens with zero attached hydrogens (tertiary/aromatic N) is 3.